The number of rotatable bonds is 5. The quantitative estimate of drug-likeness (QED) is 0.456. The molecule has 7 heteroatoms. The Balaban J connectivity index is 0.00000274. The van der Waals surface area contributed by atoms with Crippen LogP contribution in [-0.4, -0.2) is 33.7 Å². The molecule has 3 aromatic rings. The summed E-state index contributed by atoms with van der Waals surface area (Å²) in [5.41, 5.74) is 2.05. The molecule has 0 amide bonds. The predicted molar refractivity (Wildman–Crippen MR) is 122 cm³/mol. The Labute approximate surface area is 197 Å². The number of hydrogen-bond donors (Lipinski definition) is 1. The topological polar surface area (TPSA) is 33.1 Å². The largest absolute Gasteiger partial charge is 1.00 e. The molecule has 3 saturated heterocycles. The van der Waals surface area contributed by atoms with Crippen LogP contribution in [0, 0.1) is 11.8 Å². The number of fused-ring (bicyclic) bond motifs is 4. The molecule has 0 radical (unpaired) electrons. The number of aromatic nitrogens is 1. The molecule has 1 N–H and O–H groups in total. The summed E-state index contributed by atoms with van der Waals surface area (Å²) < 4.78 is 39.9. The zero-order valence-electron chi connectivity index (χ0n) is 19.2. The van der Waals surface area contributed by atoms with Crippen LogP contribution in [0.4, 0.5) is 13.2 Å². The third-order valence-corrected chi connectivity index (χ3v) is 8.13. The van der Waals surface area contributed by atoms with Crippen LogP contribution in [0.3, 0.4) is 0 Å². The highest BCUT2D eigenvalue weighted by Crippen LogP contribution is 2.48. The minimum absolute atomic E-state index is 0. The van der Waals surface area contributed by atoms with Crippen molar-refractivity contribution in [2.45, 2.75) is 51.1 Å². The van der Waals surface area contributed by atoms with E-state index in [4.69, 9.17) is 0 Å². The van der Waals surface area contributed by atoms with E-state index < -0.39 is 17.8 Å². The van der Waals surface area contributed by atoms with Crippen LogP contribution in [0.1, 0.15) is 49.0 Å². The number of benzene rings is 2. The minimum Gasteiger partial charge on any atom is -1.00 e. The summed E-state index contributed by atoms with van der Waals surface area (Å²) in [4.78, 5) is 4.45. The molecule has 5 atom stereocenters. The van der Waals surface area contributed by atoms with E-state index in [0.29, 0.717) is 18.4 Å². The average Bonchev–Trinajstić information content (AvgIpc) is 2.83. The van der Waals surface area contributed by atoms with Gasteiger partial charge in [-0.25, -0.2) is 0 Å². The Kier molecular flexibility index (Phi) is 6.71. The number of nitrogens with zero attached hydrogens (tertiary/aromatic N) is 2. The lowest BCUT2D eigenvalue weighted by atomic mass is 9.70. The van der Waals surface area contributed by atoms with E-state index in [2.05, 4.69) is 11.9 Å². The number of piperidine rings is 3. The lowest BCUT2D eigenvalue weighted by Gasteiger charge is -2.58. The van der Waals surface area contributed by atoms with Gasteiger partial charge >= 0.3 is 6.18 Å². The summed E-state index contributed by atoms with van der Waals surface area (Å²) in [6.45, 7) is 4.79. The molecule has 1 unspecified atom stereocenters. The second kappa shape index (κ2) is 9.27. The zero-order chi connectivity index (χ0) is 23.2. The molecule has 182 valence electrons. The van der Waals surface area contributed by atoms with Crippen molar-refractivity contribution in [1.82, 2.24) is 4.98 Å². The summed E-state index contributed by atoms with van der Waals surface area (Å²) in [6.07, 6.45) is -0.0716. The van der Waals surface area contributed by atoms with E-state index in [9.17, 15) is 18.3 Å². The molecule has 4 heterocycles. The number of hydrogen-bond acceptors (Lipinski definition) is 2. The van der Waals surface area contributed by atoms with Crippen LogP contribution in [-0.2, 0) is 12.7 Å². The molecule has 3 fully saturated rings. The first-order valence-electron chi connectivity index (χ1n) is 11.8. The van der Waals surface area contributed by atoms with Gasteiger partial charge in [0.2, 0.25) is 0 Å². The molecule has 34 heavy (non-hydrogen) atoms. The van der Waals surface area contributed by atoms with Gasteiger partial charge in [0.1, 0.15) is 18.7 Å². The first-order chi connectivity index (χ1) is 15.8. The smallest absolute Gasteiger partial charge is 0.416 e. The first kappa shape index (κ1) is 24.6. The molecular weight excluding hydrogens is 444 g/mol. The number of alkyl halides is 3. The highest BCUT2D eigenvalue weighted by atomic mass is 19.4. The van der Waals surface area contributed by atoms with Crippen LogP contribution < -0.4 is 4.70 Å². The van der Waals surface area contributed by atoms with E-state index in [1.165, 1.54) is 12.1 Å². The fourth-order valence-electron chi connectivity index (χ4n) is 6.41. The first-order valence-corrected chi connectivity index (χ1v) is 11.8. The van der Waals surface area contributed by atoms with Crippen molar-refractivity contribution in [3.05, 3.63) is 77.5 Å². The van der Waals surface area contributed by atoms with Crippen molar-refractivity contribution in [3.63, 3.8) is 0 Å². The van der Waals surface area contributed by atoms with Gasteiger partial charge in [-0.1, -0.05) is 37.3 Å². The van der Waals surface area contributed by atoms with E-state index in [0.717, 1.165) is 58.9 Å². The molecular formula is C27H30F4N2O. The van der Waals surface area contributed by atoms with Crippen molar-refractivity contribution in [2.24, 2.45) is 11.8 Å². The normalized spacial score (nSPS) is 27.4. The Morgan fingerprint density at radius 1 is 1.09 bits per heavy atom. The van der Waals surface area contributed by atoms with Crippen LogP contribution >= 0.6 is 0 Å². The third kappa shape index (κ3) is 4.31. The van der Waals surface area contributed by atoms with Gasteiger partial charge in [0.05, 0.1) is 24.2 Å². The summed E-state index contributed by atoms with van der Waals surface area (Å²) >= 11 is 0. The average molecular weight is 475 g/mol. The molecule has 3 aliphatic rings. The number of quaternary nitrogens is 1. The van der Waals surface area contributed by atoms with Gasteiger partial charge in [-0.3, -0.25) is 4.98 Å². The van der Waals surface area contributed by atoms with Crippen LogP contribution in [0.25, 0.3) is 10.9 Å². The van der Waals surface area contributed by atoms with E-state index in [1.54, 1.807) is 18.3 Å². The van der Waals surface area contributed by atoms with Gasteiger partial charge in [-0.15, -0.1) is 0 Å². The standard InChI is InChI=1S/C27H30F3N2O.FH/c1-2-19-17-32(16-18-7-9-21(10-8-18)27(28,29)30)14-12-20(19)15-25(32)26(33)23-11-13-31-24-6-4-3-5-22(23)24;/h3-11,13,19-20,25-26,33H,2,12,14-17H2,1H3;1H/q+1;/p-1/t19-,20-,25+,26-,32?;/m0./s1. The summed E-state index contributed by atoms with van der Waals surface area (Å²) in [5, 5.41) is 12.7. The van der Waals surface area contributed by atoms with Crippen LogP contribution in [0.2, 0.25) is 0 Å². The zero-order valence-corrected chi connectivity index (χ0v) is 19.2. The van der Waals surface area contributed by atoms with E-state index >= 15 is 0 Å². The molecule has 2 bridgehead atoms. The minimum atomic E-state index is -4.33. The highest BCUT2D eigenvalue weighted by molar-refractivity contribution is 5.82. The Morgan fingerprint density at radius 3 is 2.53 bits per heavy atom. The predicted octanol–water partition coefficient (Wildman–Crippen LogP) is 3.13. The van der Waals surface area contributed by atoms with Gasteiger partial charge in [0, 0.05) is 35.9 Å². The second-order valence-electron chi connectivity index (χ2n) is 9.86. The number of halogens is 4. The lowest BCUT2D eigenvalue weighted by molar-refractivity contribution is -0.985. The van der Waals surface area contributed by atoms with Gasteiger partial charge in [-0.05, 0) is 42.2 Å². The molecule has 3 nitrogen and oxygen atoms in total. The van der Waals surface area contributed by atoms with Crippen LogP contribution in [0.5, 0.6) is 0 Å². The molecule has 6 rings (SSSR count). The summed E-state index contributed by atoms with van der Waals surface area (Å²) in [7, 11) is 0. The lowest BCUT2D eigenvalue weighted by Crippen LogP contribution is -3.00. The van der Waals surface area contributed by atoms with Gasteiger partial charge in [0.25, 0.3) is 0 Å². The summed E-state index contributed by atoms with van der Waals surface area (Å²) in [5.74, 6) is 1.18. The highest BCUT2D eigenvalue weighted by Gasteiger charge is 2.54. The molecule has 1 aromatic heterocycles. The monoisotopic (exact) mass is 474 g/mol. The number of para-hydroxylation sites is 1. The fraction of sp³-hybridized carbons (Fsp3) is 0.444. The van der Waals surface area contributed by atoms with E-state index in [1.807, 2.05) is 30.3 Å². The maximum absolute atomic E-state index is 13.1. The maximum Gasteiger partial charge on any atom is 0.416 e. The van der Waals surface area contributed by atoms with E-state index in [-0.39, 0.29) is 10.7 Å². The second-order valence-corrected chi connectivity index (χ2v) is 9.86. The SMILES string of the molecule is CC[C@H]1C[N+]2(Cc3ccc(C(F)(F)F)cc3)CC[C@H]1C[C@@H]2[C@@H](O)c1ccnc2ccccc12.[F-]. The summed E-state index contributed by atoms with van der Waals surface area (Å²) in [6, 6.07) is 15.4. The van der Waals surface area contributed by atoms with Crippen molar-refractivity contribution >= 4 is 10.9 Å². The van der Waals surface area contributed by atoms with Gasteiger partial charge in [-0.2, -0.15) is 13.2 Å². The van der Waals surface area contributed by atoms with Crippen molar-refractivity contribution in [2.75, 3.05) is 13.1 Å². The molecule has 0 saturated carbocycles. The molecule has 0 spiro atoms. The van der Waals surface area contributed by atoms with Gasteiger partial charge < -0.3 is 14.3 Å². The Bertz CT molecular complexity index is 1130. The number of aliphatic hydroxyl groups is 1. The molecule has 2 aromatic carbocycles. The Morgan fingerprint density at radius 2 is 1.82 bits per heavy atom. The Hall–Kier alpha value is -2.51. The number of aliphatic hydroxyl groups excluding tert-OH is 1. The fourth-order valence-corrected chi connectivity index (χ4v) is 6.41. The maximum atomic E-state index is 13.1. The number of pyridine rings is 1. The third-order valence-electron chi connectivity index (χ3n) is 8.13. The van der Waals surface area contributed by atoms with Crippen molar-refractivity contribution in [1.29, 1.82) is 0 Å². The van der Waals surface area contributed by atoms with Gasteiger partial charge in [0.15, 0.2) is 0 Å². The van der Waals surface area contributed by atoms with Crippen molar-refractivity contribution < 1.29 is 27.5 Å². The molecule has 3 aliphatic heterocycles. The van der Waals surface area contributed by atoms with Crippen molar-refractivity contribution in [3.8, 4) is 0 Å². The van der Waals surface area contributed by atoms with Crippen LogP contribution in [0.15, 0.2) is 60.8 Å². The molecule has 0 aliphatic carbocycles.